The van der Waals surface area contributed by atoms with Crippen molar-refractivity contribution >= 4 is 40.4 Å². The number of nitrogens with zero attached hydrogens (tertiary/aromatic N) is 5. The molecule has 3 heterocycles. The summed E-state index contributed by atoms with van der Waals surface area (Å²) in [7, 11) is 3.49. The second-order valence-corrected chi connectivity index (χ2v) is 11.3. The molecule has 3 aromatic rings. The number of carbonyl (C=O) groups excluding carboxylic acids is 1. The predicted octanol–water partition coefficient (Wildman–Crippen LogP) is 5.11. The fourth-order valence-electron chi connectivity index (χ4n) is 5.55. The van der Waals surface area contributed by atoms with Crippen LogP contribution in [0.5, 0.6) is 5.75 Å². The summed E-state index contributed by atoms with van der Waals surface area (Å²) in [6.45, 7) is 2.89. The number of hydrogen-bond acceptors (Lipinski definition) is 9. The van der Waals surface area contributed by atoms with Crippen LogP contribution in [0.4, 0.5) is 23.1 Å². The van der Waals surface area contributed by atoms with Gasteiger partial charge in [-0.15, -0.1) is 11.3 Å². The standard InChI is InChI=1S/C28H35N7O2S/c1-4-22-27(36)34(2)23-15-30-28(33-25(23)35(22)20-7-5-6-8-20)32-21-12-9-17(13-24(21)37-3)26-31-19(16-38-26)14-29-18-10-11-18/h9,12-13,15-16,18,20,22,29H,4-8,10-11,14H2,1-3H3,(H,30,32,33)/t22-/m1/s1. The molecule has 2 fully saturated rings. The average Bonchev–Trinajstić information content (AvgIpc) is 3.39. The van der Waals surface area contributed by atoms with Crippen LogP contribution in [0.1, 0.15) is 57.6 Å². The number of ether oxygens (including phenoxy) is 1. The van der Waals surface area contributed by atoms with Crippen molar-refractivity contribution in [1.82, 2.24) is 20.3 Å². The number of fused-ring (bicyclic) bond motifs is 1. The average molecular weight is 534 g/mol. The summed E-state index contributed by atoms with van der Waals surface area (Å²) in [5.74, 6) is 2.12. The normalized spacial score (nSPS) is 19.7. The van der Waals surface area contributed by atoms with Gasteiger partial charge in [0, 0.05) is 36.6 Å². The van der Waals surface area contributed by atoms with E-state index < -0.39 is 0 Å². The summed E-state index contributed by atoms with van der Waals surface area (Å²) < 4.78 is 5.74. The zero-order chi connectivity index (χ0) is 26.2. The fraction of sp³-hybridized carbons (Fsp3) is 0.500. The van der Waals surface area contributed by atoms with Crippen LogP contribution >= 0.6 is 11.3 Å². The smallest absolute Gasteiger partial charge is 0.249 e. The first-order chi connectivity index (χ1) is 18.6. The van der Waals surface area contributed by atoms with Crippen LogP contribution < -0.4 is 25.2 Å². The Morgan fingerprint density at radius 3 is 2.71 bits per heavy atom. The second kappa shape index (κ2) is 10.5. The number of carbonyl (C=O) groups is 1. The number of likely N-dealkylation sites (N-methyl/N-ethyl adjacent to an activating group) is 1. The van der Waals surface area contributed by atoms with Gasteiger partial charge in [0.15, 0.2) is 5.82 Å². The molecule has 2 aliphatic carbocycles. The van der Waals surface area contributed by atoms with Crippen molar-refractivity contribution in [3.8, 4) is 16.3 Å². The van der Waals surface area contributed by atoms with E-state index >= 15 is 0 Å². The Balaban J connectivity index is 1.26. The molecule has 0 bridgehead atoms. The lowest BCUT2D eigenvalue weighted by Gasteiger charge is -2.43. The topological polar surface area (TPSA) is 95.5 Å². The van der Waals surface area contributed by atoms with Crippen molar-refractivity contribution in [2.45, 2.75) is 76.5 Å². The molecule has 10 heteroatoms. The molecule has 2 N–H and O–H groups in total. The van der Waals surface area contributed by atoms with Gasteiger partial charge in [-0.1, -0.05) is 19.8 Å². The molecule has 0 spiro atoms. The largest absolute Gasteiger partial charge is 0.495 e. The van der Waals surface area contributed by atoms with Crippen LogP contribution in [0.15, 0.2) is 29.8 Å². The van der Waals surface area contributed by atoms with Gasteiger partial charge in [0.2, 0.25) is 11.9 Å². The van der Waals surface area contributed by atoms with Crippen LogP contribution in [-0.4, -0.2) is 53.1 Å². The van der Waals surface area contributed by atoms with Crippen molar-refractivity contribution < 1.29 is 9.53 Å². The number of anilines is 4. The SMILES string of the molecule is CC[C@@H]1C(=O)N(C)c2cnc(Nc3ccc(-c4nc(CNC5CC5)cs4)cc3OC)nc2N1C1CCCC1. The molecule has 1 amide bonds. The summed E-state index contributed by atoms with van der Waals surface area (Å²) in [6, 6.07) is 6.83. The van der Waals surface area contributed by atoms with Crippen molar-refractivity contribution in [1.29, 1.82) is 0 Å². The number of benzene rings is 1. The first kappa shape index (κ1) is 25.1. The third-order valence-corrected chi connectivity index (χ3v) is 8.75. The highest BCUT2D eigenvalue weighted by Gasteiger charge is 2.41. The van der Waals surface area contributed by atoms with Gasteiger partial charge in [0.05, 0.1) is 24.7 Å². The zero-order valence-electron chi connectivity index (χ0n) is 22.2. The first-order valence-electron chi connectivity index (χ1n) is 13.6. The van der Waals surface area contributed by atoms with E-state index in [4.69, 9.17) is 14.7 Å². The first-order valence-corrected chi connectivity index (χ1v) is 14.5. The maximum atomic E-state index is 13.2. The summed E-state index contributed by atoms with van der Waals surface area (Å²) >= 11 is 1.64. The van der Waals surface area contributed by atoms with Crippen molar-refractivity contribution in [2.24, 2.45) is 0 Å². The molecule has 1 aromatic carbocycles. The minimum atomic E-state index is -0.199. The van der Waals surface area contributed by atoms with Gasteiger partial charge < -0.3 is 25.2 Å². The minimum Gasteiger partial charge on any atom is -0.495 e. The molecular weight excluding hydrogens is 498 g/mol. The van der Waals surface area contributed by atoms with Gasteiger partial charge in [-0.3, -0.25) is 4.79 Å². The third kappa shape index (κ3) is 4.82. The van der Waals surface area contributed by atoms with Gasteiger partial charge in [-0.25, -0.2) is 9.97 Å². The highest BCUT2D eigenvalue weighted by Crippen LogP contribution is 2.40. The van der Waals surface area contributed by atoms with Crippen molar-refractivity contribution in [3.05, 3.63) is 35.5 Å². The Labute approximate surface area is 227 Å². The van der Waals surface area contributed by atoms with Gasteiger partial charge in [-0.2, -0.15) is 4.98 Å². The number of hydrogen-bond donors (Lipinski definition) is 2. The maximum absolute atomic E-state index is 13.2. The van der Waals surface area contributed by atoms with Crippen LogP contribution in [0.25, 0.3) is 10.6 Å². The summed E-state index contributed by atoms with van der Waals surface area (Å²) in [6.07, 6.45) is 9.59. The lowest BCUT2D eigenvalue weighted by Crippen LogP contribution is -2.55. The van der Waals surface area contributed by atoms with E-state index in [-0.39, 0.29) is 11.9 Å². The second-order valence-electron chi connectivity index (χ2n) is 10.4. The number of thiazole rings is 1. The van der Waals surface area contributed by atoms with Crippen LogP contribution in [0.2, 0.25) is 0 Å². The van der Waals surface area contributed by atoms with Crippen LogP contribution in [0.3, 0.4) is 0 Å². The van der Waals surface area contributed by atoms with Gasteiger partial charge in [-0.05, 0) is 50.3 Å². The highest BCUT2D eigenvalue weighted by atomic mass is 32.1. The molecule has 1 atom stereocenters. The minimum absolute atomic E-state index is 0.113. The van der Waals surface area contributed by atoms with E-state index in [1.807, 2.05) is 25.2 Å². The van der Waals surface area contributed by atoms with E-state index in [1.165, 1.54) is 25.7 Å². The number of amides is 1. The highest BCUT2D eigenvalue weighted by molar-refractivity contribution is 7.13. The Bertz CT molecular complexity index is 1320. The number of nitrogens with one attached hydrogen (secondary N) is 2. The molecule has 3 aliphatic rings. The number of methoxy groups -OCH3 is 1. The lowest BCUT2D eigenvalue weighted by molar-refractivity contribution is -0.120. The van der Waals surface area contributed by atoms with Crippen LogP contribution in [0, 0.1) is 0 Å². The monoisotopic (exact) mass is 533 g/mol. The molecule has 200 valence electrons. The van der Waals surface area contributed by atoms with Gasteiger partial charge in [0.25, 0.3) is 0 Å². The quantitative estimate of drug-likeness (QED) is 0.392. The Hall–Kier alpha value is -3.24. The lowest BCUT2D eigenvalue weighted by atomic mass is 10.0. The van der Waals surface area contributed by atoms with E-state index in [0.29, 0.717) is 23.8 Å². The Kier molecular flexibility index (Phi) is 6.92. The maximum Gasteiger partial charge on any atom is 0.249 e. The molecule has 1 aliphatic heterocycles. The Morgan fingerprint density at radius 1 is 1.16 bits per heavy atom. The summed E-state index contributed by atoms with van der Waals surface area (Å²) in [5.41, 5.74) is 3.62. The molecule has 38 heavy (non-hydrogen) atoms. The van der Waals surface area contributed by atoms with Gasteiger partial charge in [0.1, 0.15) is 22.5 Å². The van der Waals surface area contributed by atoms with E-state index in [1.54, 1.807) is 29.5 Å². The molecule has 9 nitrogen and oxygen atoms in total. The molecule has 6 rings (SSSR count). The fourth-order valence-corrected chi connectivity index (χ4v) is 6.37. The number of rotatable bonds is 9. The number of aromatic nitrogens is 3. The molecule has 0 saturated heterocycles. The van der Waals surface area contributed by atoms with Crippen LogP contribution in [-0.2, 0) is 11.3 Å². The summed E-state index contributed by atoms with van der Waals surface area (Å²) in [5, 5.41) is 9.97. The molecule has 2 saturated carbocycles. The van der Waals surface area contributed by atoms with Crippen molar-refractivity contribution in [2.75, 3.05) is 29.3 Å². The van der Waals surface area contributed by atoms with Gasteiger partial charge >= 0.3 is 0 Å². The van der Waals surface area contributed by atoms with Crippen molar-refractivity contribution in [3.63, 3.8) is 0 Å². The van der Waals surface area contributed by atoms with E-state index in [9.17, 15) is 4.79 Å². The van der Waals surface area contributed by atoms with E-state index in [2.05, 4.69) is 32.8 Å². The molecule has 2 aromatic heterocycles. The molecular formula is C28H35N7O2S. The van der Waals surface area contributed by atoms with E-state index in [0.717, 1.165) is 59.3 Å². The zero-order valence-corrected chi connectivity index (χ0v) is 23.1. The molecule has 0 radical (unpaired) electrons. The summed E-state index contributed by atoms with van der Waals surface area (Å²) in [4.78, 5) is 31.4. The predicted molar refractivity (Wildman–Crippen MR) is 152 cm³/mol. The Morgan fingerprint density at radius 2 is 1.97 bits per heavy atom. The third-order valence-electron chi connectivity index (χ3n) is 7.81. The molecule has 0 unspecified atom stereocenters.